The van der Waals surface area contributed by atoms with Gasteiger partial charge in [-0.2, -0.15) is 0 Å². The zero-order valence-corrected chi connectivity index (χ0v) is 13.1. The van der Waals surface area contributed by atoms with E-state index >= 15 is 0 Å². The van der Waals surface area contributed by atoms with E-state index in [9.17, 15) is 9.59 Å². The van der Waals surface area contributed by atoms with E-state index in [4.69, 9.17) is 9.47 Å². The number of hydrogen-bond acceptors (Lipinski definition) is 4. The molecule has 0 saturated carbocycles. The van der Waals surface area contributed by atoms with Crippen LogP contribution in [0.5, 0.6) is 11.5 Å². The van der Waals surface area contributed by atoms with E-state index < -0.39 is 0 Å². The number of amides is 2. The van der Waals surface area contributed by atoms with Crippen LogP contribution in [0.2, 0.25) is 0 Å². The third-order valence-corrected chi connectivity index (χ3v) is 3.71. The van der Waals surface area contributed by atoms with Gasteiger partial charge in [-0.25, -0.2) is 0 Å². The van der Waals surface area contributed by atoms with Crippen LogP contribution < -0.4 is 9.47 Å². The largest absolute Gasteiger partial charge is 0.493 e. The summed E-state index contributed by atoms with van der Waals surface area (Å²) in [4.78, 5) is 27.3. The zero-order chi connectivity index (χ0) is 15.9. The predicted molar refractivity (Wildman–Crippen MR) is 81.9 cm³/mol. The third kappa shape index (κ3) is 3.90. The number of rotatable bonds is 5. The molecule has 1 aliphatic heterocycles. The molecule has 1 heterocycles. The molecule has 0 atom stereocenters. The zero-order valence-electron chi connectivity index (χ0n) is 13.1. The molecule has 0 radical (unpaired) electrons. The maximum absolute atomic E-state index is 12.2. The van der Waals surface area contributed by atoms with Gasteiger partial charge in [0.1, 0.15) is 0 Å². The van der Waals surface area contributed by atoms with Crippen molar-refractivity contribution in [2.75, 3.05) is 39.9 Å². The Morgan fingerprint density at radius 3 is 2.09 bits per heavy atom. The van der Waals surface area contributed by atoms with Gasteiger partial charge < -0.3 is 19.3 Å². The normalized spacial score (nSPS) is 14.6. The molecule has 6 nitrogen and oxygen atoms in total. The highest BCUT2D eigenvalue weighted by atomic mass is 16.5. The average Bonchev–Trinajstić information content (AvgIpc) is 2.59. The van der Waals surface area contributed by atoms with Gasteiger partial charge in [0.2, 0.25) is 5.91 Å². The lowest BCUT2D eigenvalue weighted by atomic mass is 10.3. The van der Waals surface area contributed by atoms with Gasteiger partial charge in [0, 0.05) is 32.6 Å². The molecular weight excluding hydrogens is 284 g/mol. The lowest BCUT2D eigenvalue weighted by Crippen LogP contribution is -2.51. The van der Waals surface area contributed by atoms with Crippen molar-refractivity contribution in [2.45, 2.75) is 13.3 Å². The lowest BCUT2D eigenvalue weighted by Gasteiger charge is -2.34. The van der Waals surface area contributed by atoms with E-state index in [1.54, 1.807) is 29.0 Å². The van der Waals surface area contributed by atoms with Crippen molar-refractivity contribution in [1.29, 1.82) is 0 Å². The fraction of sp³-hybridized carbons (Fsp3) is 0.500. The summed E-state index contributed by atoms with van der Waals surface area (Å²) in [5, 5.41) is 0. The van der Waals surface area contributed by atoms with Crippen LogP contribution in [0.15, 0.2) is 24.3 Å². The average molecular weight is 306 g/mol. The third-order valence-electron chi connectivity index (χ3n) is 3.71. The van der Waals surface area contributed by atoms with Gasteiger partial charge in [0.25, 0.3) is 5.91 Å². The van der Waals surface area contributed by atoms with Crippen molar-refractivity contribution >= 4 is 11.8 Å². The highest BCUT2D eigenvalue weighted by Crippen LogP contribution is 2.25. The Hall–Kier alpha value is -2.24. The van der Waals surface area contributed by atoms with E-state index in [-0.39, 0.29) is 18.4 Å². The Labute approximate surface area is 130 Å². The number of para-hydroxylation sites is 2. The Kier molecular flexibility index (Phi) is 5.63. The van der Waals surface area contributed by atoms with Gasteiger partial charge in [0.05, 0.1) is 7.11 Å². The van der Waals surface area contributed by atoms with E-state index in [1.807, 2.05) is 19.1 Å². The molecule has 0 aromatic heterocycles. The molecule has 0 bridgehead atoms. The summed E-state index contributed by atoms with van der Waals surface area (Å²) in [5.41, 5.74) is 0. The smallest absolute Gasteiger partial charge is 0.260 e. The fourth-order valence-corrected chi connectivity index (χ4v) is 2.40. The quantitative estimate of drug-likeness (QED) is 0.819. The van der Waals surface area contributed by atoms with Crippen LogP contribution in [-0.4, -0.2) is 61.5 Å². The molecule has 1 fully saturated rings. The van der Waals surface area contributed by atoms with Gasteiger partial charge in [-0.1, -0.05) is 19.1 Å². The van der Waals surface area contributed by atoms with Crippen LogP contribution >= 0.6 is 0 Å². The number of benzene rings is 1. The number of nitrogens with zero attached hydrogens (tertiary/aromatic N) is 2. The van der Waals surface area contributed by atoms with E-state index in [1.165, 1.54) is 0 Å². The second-order valence-electron chi connectivity index (χ2n) is 5.05. The number of piperazine rings is 1. The first-order valence-electron chi connectivity index (χ1n) is 7.47. The van der Waals surface area contributed by atoms with Crippen LogP contribution in [-0.2, 0) is 9.59 Å². The molecule has 1 saturated heterocycles. The van der Waals surface area contributed by atoms with Crippen molar-refractivity contribution in [1.82, 2.24) is 9.80 Å². The molecule has 120 valence electrons. The summed E-state index contributed by atoms with van der Waals surface area (Å²) in [6.45, 7) is 4.11. The summed E-state index contributed by atoms with van der Waals surface area (Å²) in [6.07, 6.45) is 0.505. The molecule has 2 amide bonds. The molecular formula is C16H22N2O4. The van der Waals surface area contributed by atoms with Gasteiger partial charge in [0.15, 0.2) is 18.1 Å². The standard InChI is InChI=1S/C16H22N2O4/c1-3-15(19)17-8-10-18(11-9-17)16(20)12-22-14-7-5-4-6-13(14)21-2/h4-7H,3,8-12H2,1-2H3. The molecule has 1 aliphatic rings. The highest BCUT2D eigenvalue weighted by Gasteiger charge is 2.23. The molecule has 2 rings (SSSR count). The van der Waals surface area contributed by atoms with Crippen LogP contribution in [0, 0.1) is 0 Å². The summed E-state index contributed by atoms with van der Waals surface area (Å²) in [6, 6.07) is 7.23. The highest BCUT2D eigenvalue weighted by molar-refractivity contribution is 5.79. The molecule has 6 heteroatoms. The van der Waals surface area contributed by atoms with E-state index in [0.29, 0.717) is 44.1 Å². The predicted octanol–water partition coefficient (Wildman–Crippen LogP) is 1.15. The minimum atomic E-state index is -0.0745. The Morgan fingerprint density at radius 1 is 1.00 bits per heavy atom. The first-order chi connectivity index (χ1) is 10.7. The minimum absolute atomic E-state index is 0.0257. The second-order valence-corrected chi connectivity index (χ2v) is 5.05. The minimum Gasteiger partial charge on any atom is -0.493 e. The van der Waals surface area contributed by atoms with E-state index in [2.05, 4.69) is 0 Å². The molecule has 1 aromatic carbocycles. The maximum atomic E-state index is 12.2. The van der Waals surface area contributed by atoms with Crippen molar-refractivity contribution in [3.63, 3.8) is 0 Å². The Balaban J connectivity index is 1.82. The SMILES string of the molecule is CCC(=O)N1CCN(C(=O)COc2ccccc2OC)CC1. The van der Waals surface area contributed by atoms with Gasteiger partial charge in [-0.3, -0.25) is 9.59 Å². The first-order valence-corrected chi connectivity index (χ1v) is 7.47. The monoisotopic (exact) mass is 306 g/mol. The van der Waals surface area contributed by atoms with Crippen molar-refractivity contribution in [3.8, 4) is 11.5 Å². The van der Waals surface area contributed by atoms with Crippen molar-refractivity contribution < 1.29 is 19.1 Å². The molecule has 0 unspecified atom stereocenters. The number of methoxy groups -OCH3 is 1. The van der Waals surface area contributed by atoms with Gasteiger partial charge in [-0.15, -0.1) is 0 Å². The number of hydrogen-bond donors (Lipinski definition) is 0. The van der Waals surface area contributed by atoms with Crippen molar-refractivity contribution in [2.24, 2.45) is 0 Å². The molecule has 0 aliphatic carbocycles. The van der Waals surface area contributed by atoms with Crippen molar-refractivity contribution in [3.05, 3.63) is 24.3 Å². The van der Waals surface area contributed by atoms with Gasteiger partial charge >= 0.3 is 0 Å². The van der Waals surface area contributed by atoms with Crippen LogP contribution in [0.4, 0.5) is 0 Å². The molecule has 0 N–H and O–H groups in total. The number of carbonyl (C=O) groups is 2. The Morgan fingerprint density at radius 2 is 1.55 bits per heavy atom. The molecule has 22 heavy (non-hydrogen) atoms. The molecule has 0 spiro atoms. The summed E-state index contributed by atoms with van der Waals surface area (Å²) in [5.74, 6) is 1.22. The van der Waals surface area contributed by atoms with E-state index in [0.717, 1.165) is 0 Å². The number of carbonyl (C=O) groups excluding carboxylic acids is 2. The summed E-state index contributed by atoms with van der Waals surface area (Å²) in [7, 11) is 1.56. The Bertz CT molecular complexity index is 525. The summed E-state index contributed by atoms with van der Waals surface area (Å²) >= 11 is 0. The van der Waals surface area contributed by atoms with Crippen LogP contribution in [0.25, 0.3) is 0 Å². The fourth-order valence-electron chi connectivity index (χ4n) is 2.40. The topological polar surface area (TPSA) is 59.1 Å². The molecule has 1 aromatic rings. The van der Waals surface area contributed by atoms with Gasteiger partial charge in [-0.05, 0) is 12.1 Å². The van der Waals surface area contributed by atoms with Crippen LogP contribution in [0.1, 0.15) is 13.3 Å². The summed E-state index contributed by atoms with van der Waals surface area (Å²) < 4.78 is 10.7. The first kappa shape index (κ1) is 16.1. The second kappa shape index (κ2) is 7.68. The van der Waals surface area contributed by atoms with Crippen LogP contribution in [0.3, 0.4) is 0 Å². The number of ether oxygens (including phenoxy) is 2. The lowest BCUT2D eigenvalue weighted by molar-refractivity contribution is -0.140. The maximum Gasteiger partial charge on any atom is 0.260 e.